The Morgan fingerprint density at radius 2 is 2.39 bits per heavy atom. The molecule has 0 radical (unpaired) electrons. The number of pyridine rings is 1. The molecule has 18 heavy (non-hydrogen) atoms. The number of methoxy groups -OCH3 is 1. The lowest BCUT2D eigenvalue weighted by molar-refractivity contribution is 0.229. The molecule has 2 heterocycles. The minimum atomic E-state index is 0.682. The third kappa shape index (κ3) is 3.43. The lowest BCUT2D eigenvalue weighted by Gasteiger charge is -2.24. The van der Waals surface area contributed by atoms with Crippen molar-refractivity contribution in [2.75, 3.05) is 20.2 Å². The van der Waals surface area contributed by atoms with E-state index in [-0.39, 0.29) is 0 Å². The molecule has 2 rings (SSSR count). The number of aromatic nitrogens is 1. The highest BCUT2D eigenvalue weighted by atomic mass is 16.5. The molecule has 0 saturated carbocycles. The number of nitrogens with two attached hydrogens (primary N) is 1. The number of nitrogens with zero attached hydrogens (tertiary/aromatic N) is 2. The van der Waals surface area contributed by atoms with E-state index in [4.69, 9.17) is 10.5 Å². The third-order valence-corrected chi connectivity index (χ3v) is 3.60. The van der Waals surface area contributed by atoms with Gasteiger partial charge in [-0.2, -0.15) is 0 Å². The molecule has 100 valence electrons. The summed E-state index contributed by atoms with van der Waals surface area (Å²) in [5.41, 5.74) is 6.69. The highest BCUT2D eigenvalue weighted by Gasteiger charge is 2.24. The number of likely N-dealkylation sites (tertiary alicyclic amines) is 1. The fourth-order valence-corrected chi connectivity index (χ4v) is 2.65. The number of hydrogen-bond donors (Lipinski definition) is 1. The molecule has 1 aliphatic heterocycles. The summed E-state index contributed by atoms with van der Waals surface area (Å²) in [7, 11) is 1.66. The quantitative estimate of drug-likeness (QED) is 0.835. The zero-order valence-electron chi connectivity index (χ0n) is 11.1. The van der Waals surface area contributed by atoms with Crippen LogP contribution in [0.2, 0.25) is 0 Å². The van der Waals surface area contributed by atoms with Gasteiger partial charge >= 0.3 is 0 Å². The van der Waals surface area contributed by atoms with E-state index in [1.807, 2.05) is 12.1 Å². The zero-order chi connectivity index (χ0) is 12.8. The SMILES string of the molecule is COc1cccc(CN2CCCC2CCCN)n1. The van der Waals surface area contributed by atoms with Crippen molar-refractivity contribution in [1.29, 1.82) is 0 Å². The smallest absolute Gasteiger partial charge is 0.213 e. The van der Waals surface area contributed by atoms with Crippen LogP contribution in [0.1, 0.15) is 31.4 Å². The summed E-state index contributed by atoms with van der Waals surface area (Å²) in [6.45, 7) is 2.89. The number of rotatable bonds is 6. The van der Waals surface area contributed by atoms with Crippen LogP contribution in [0.4, 0.5) is 0 Å². The maximum Gasteiger partial charge on any atom is 0.213 e. The second-order valence-electron chi connectivity index (χ2n) is 4.87. The van der Waals surface area contributed by atoms with Crippen molar-refractivity contribution >= 4 is 0 Å². The van der Waals surface area contributed by atoms with E-state index in [1.54, 1.807) is 7.11 Å². The second-order valence-corrected chi connectivity index (χ2v) is 4.87. The number of ether oxygens (including phenoxy) is 1. The highest BCUT2D eigenvalue weighted by molar-refractivity contribution is 5.15. The summed E-state index contributed by atoms with van der Waals surface area (Å²) in [5.74, 6) is 0.699. The van der Waals surface area contributed by atoms with Crippen LogP contribution in [-0.4, -0.2) is 36.1 Å². The summed E-state index contributed by atoms with van der Waals surface area (Å²) >= 11 is 0. The van der Waals surface area contributed by atoms with E-state index in [2.05, 4.69) is 16.0 Å². The van der Waals surface area contributed by atoms with Crippen molar-refractivity contribution in [3.63, 3.8) is 0 Å². The summed E-state index contributed by atoms with van der Waals surface area (Å²) in [6.07, 6.45) is 4.91. The first-order chi connectivity index (χ1) is 8.83. The van der Waals surface area contributed by atoms with Gasteiger partial charge in [0.15, 0.2) is 0 Å². The average Bonchev–Trinajstić information content (AvgIpc) is 2.84. The van der Waals surface area contributed by atoms with E-state index < -0.39 is 0 Å². The zero-order valence-corrected chi connectivity index (χ0v) is 11.1. The van der Waals surface area contributed by atoms with Crippen LogP contribution in [0.25, 0.3) is 0 Å². The molecule has 0 bridgehead atoms. The minimum absolute atomic E-state index is 0.682. The first-order valence-corrected chi connectivity index (χ1v) is 6.77. The van der Waals surface area contributed by atoms with Gasteiger partial charge in [0.05, 0.1) is 12.8 Å². The maximum atomic E-state index is 5.60. The van der Waals surface area contributed by atoms with Crippen LogP contribution in [0.15, 0.2) is 18.2 Å². The average molecular weight is 249 g/mol. The van der Waals surface area contributed by atoms with Crippen LogP contribution >= 0.6 is 0 Å². The van der Waals surface area contributed by atoms with E-state index in [0.29, 0.717) is 11.9 Å². The molecule has 2 N–H and O–H groups in total. The molecule has 1 aromatic heterocycles. The second kappa shape index (κ2) is 6.71. The molecular formula is C14H23N3O. The van der Waals surface area contributed by atoms with Gasteiger partial charge in [-0.25, -0.2) is 4.98 Å². The first-order valence-electron chi connectivity index (χ1n) is 6.77. The van der Waals surface area contributed by atoms with Crippen LogP contribution < -0.4 is 10.5 Å². The lowest BCUT2D eigenvalue weighted by Crippen LogP contribution is -2.29. The fraction of sp³-hybridized carbons (Fsp3) is 0.643. The Kier molecular flexibility index (Phi) is 4.96. The van der Waals surface area contributed by atoms with E-state index >= 15 is 0 Å². The van der Waals surface area contributed by atoms with Gasteiger partial charge in [0.1, 0.15) is 0 Å². The first kappa shape index (κ1) is 13.3. The molecule has 1 saturated heterocycles. The maximum absolute atomic E-state index is 5.60. The Labute approximate surface area is 109 Å². The summed E-state index contributed by atoms with van der Waals surface area (Å²) in [6, 6.07) is 6.65. The summed E-state index contributed by atoms with van der Waals surface area (Å²) < 4.78 is 5.16. The van der Waals surface area contributed by atoms with Crippen molar-refractivity contribution in [3.05, 3.63) is 23.9 Å². The highest BCUT2D eigenvalue weighted by Crippen LogP contribution is 2.23. The van der Waals surface area contributed by atoms with E-state index in [0.717, 1.165) is 25.2 Å². The van der Waals surface area contributed by atoms with Gasteiger partial charge in [-0.3, -0.25) is 4.90 Å². The van der Waals surface area contributed by atoms with E-state index in [1.165, 1.54) is 25.8 Å². The van der Waals surface area contributed by atoms with Crippen LogP contribution in [0.5, 0.6) is 5.88 Å². The lowest BCUT2D eigenvalue weighted by atomic mass is 10.1. The van der Waals surface area contributed by atoms with E-state index in [9.17, 15) is 0 Å². The van der Waals surface area contributed by atoms with Gasteiger partial charge < -0.3 is 10.5 Å². The molecule has 0 aromatic carbocycles. The molecule has 1 atom stereocenters. The standard InChI is InChI=1S/C14H23N3O/c1-18-14-8-2-5-12(16-14)11-17-10-4-7-13(17)6-3-9-15/h2,5,8,13H,3-4,6-7,9-11,15H2,1H3. The Bertz CT molecular complexity index is 370. The predicted octanol–water partition coefficient (Wildman–Crippen LogP) is 1.79. The predicted molar refractivity (Wildman–Crippen MR) is 72.5 cm³/mol. The topological polar surface area (TPSA) is 51.4 Å². The summed E-state index contributed by atoms with van der Waals surface area (Å²) in [5, 5.41) is 0. The molecule has 4 heteroatoms. The molecule has 1 aliphatic rings. The van der Waals surface area contributed by atoms with Gasteiger partial charge in [-0.1, -0.05) is 6.07 Å². The molecule has 0 aliphatic carbocycles. The van der Waals surface area contributed by atoms with Gasteiger partial charge in [0.2, 0.25) is 5.88 Å². The van der Waals surface area contributed by atoms with Gasteiger partial charge in [-0.05, 0) is 44.8 Å². The molecule has 1 fully saturated rings. The van der Waals surface area contributed by atoms with Crippen molar-refractivity contribution < 1.29 is 4.74 Å². The summed E-state index contributed by atoms with van der Waals surface area (Å²) in [4.78, 5) is 7.01. The third-order valence-electron chi connectivity index (χ3n) is 3.60. The molecule has 1 aromatic rings. The normalized spacial score (nSPS) is 20.2. The Morgan fingerprint density at radius 3 is 3.17 bits per heavy atom. The van der Waals surface area contributed by atoms with Crippen LogP contribution in [0, 0.1) is 0 Å². The number of hydrogen-bond acceptors (Lipinski definition) is 4. The van der Waals surface area contributed by atoms with Crippen molar-refractivity contribution in [1.82, 2.24) is 9.88 Å². The van der Waals surface area contributed by atoms with Gasteiger partial charge in [0, 0.05) is 18.7 Å². The fourth-order valence-electron chi connectivity index (χ4n) is 2.65. The van der Waals surface area contributed by atoms with Gasteiger partial charge in [-0.15, -0.1) is 0 Å². The van der Waals surface area contributed by atoms with Crippen LogP contribution in [-0.2, 0) is 6.54 Å². The Balaban J connectivity index is 1.94. The molecule has 0 amide bonds. The molecular weight excluding hydrogens is 226 g/mol. The molecule has 1 unspecified atom stereocenters. The largest absolute Gasteiger partial charge is 0.481 e. The minimum Gasteiger partial charge on any atom is -0.481 e. The monoisotopic (exact) mass is 249 g/mol. The molecule has 4 nitrogen and oxygen atoms in total. The van der Waals surface area contributed by atoms with Crippen molar-refractivity contribution in [2.24, 2.45) is 5.73 Å². The van der Waals surface area contributed by atoms with Crippen molar-refractivity contribution in [3.8, 4) is 5.88 Å². The van der Waals surface area contributed by atoms with Gasteiger partial charge in [0.25, 0.3) is 0 Å². The van der Waals surface area contributed by atoms with Crippen molar-refractivity contribution in [2.45, 2.75) is 38.3 Å². The Morgan fingerprint density at radius 1 is 1.50 bits per heavy atom. The molecule has 0 spiro atoms. The van der Waals surface area contributed by atoms with Crippen LogP contribution in [0.3, 0.4) is 0 Å². The Hall–Kier alpha value is -1.13.